The SMILES string of the molecule is COCCn1cc(-c2ccc(N)c(OCCN(C)C)c2)cn1. The third kappa shape index (κ3) is 4.47. The average Bonchev–Trinajstić information content (AvgIpc) is 2.95. The van der Waals surface area contributed by atoms with Crippen molar-refractivity contribution in [1.82, 2.24) is 14.7 Å². The van der Waals surface area contributed by atoms with Crippen LogP contribution in [0, 0.1) is 0 Å². The number of nitrogens with zero attached hydrogens (tertiary/aromatic N) is 3. The number of benzene rings is 1. The van der Waals surface area contributed by atoms with E-state index in [9.17, 15) is 0 Å². The molecule has 0 saturated carbocycles. The van der Waals surface area contributed by atoms with Crippen molar-refractivity contribution < 1.29 is 9.47 Å². The van der Waals surface area contributed by atoms with Crippen LogP contribution in [0.25, 0.3) is 11.1 Å². The average molecular weight is 304 g/mol. The van der Waals surface area contributed by atoms with Gasteiger partial charge in [0.25, 0.3) is 0 Å². The van der Waals surface area contributed by atoms with Crippen molar-refractivity contribution >= 4 is 5.69 Å². The minimum atomic E-state index is 0.605. The first-order valence-electron chi connectivity index (χ1n) is 7.29. The second-order valence-corrected chi connectivity index (χ2v) is 5.39. The zero-order valence-electron chi connectivity index (χ0n) is 13.5. The molecule has 0 aliphatic rings. The maximum absolute atomic E-state index is 5.98. The number of methoxy groups -OCH3 is 1. The van der Waals surface area contributed by atoms with Gasteiger partial charge in [-0.15, -0.1) is 0 Å². The molecule has 0 radical (unpaired) electrons. The van der Waals surface area contributed by atoms with Crippen molar-refractivity contribution in [3.8, 4) is 16.9 Å². The first-order valence-corrected chi connectivity index (χ1v) is 7.29. The van der Waals surface area contributed by atoms with E-state index >= 15 is 0 Å². The molecule has 0 unspecified atom stereocenters. The van der Waals surface area contributed by atoms with E-state index < -0.39 is 0 Å². The van der Waals surface area contributed by atoms with Crippen LogP contribution in [-0.2, 0) is 11.3 Å². The summed E-state index contributed by atoms with van der Waals surface area (Å²) in [6.07, 6.45) is 3.83. The lowest BCUT2D eigenvalue weighted by Crippen LogP contribution is -2.19. The number of nitrogens with two attached hydrogens (primary N) is 1. The van der Waals surface area contributed by atoms with Crippen LogP contribution >= 0.6 is 0 Å². The normalized spacial score (nSPS) is 11.1. The van der Waals surface area contributed by atoms with Crippen LogP contribution in [0.3, 0.4) is 0 Å². The topological polar surface area (TPSA) is 65.5 Å². The third-order valence-electron chi connectivity index (χ3n) is 3.30. The van der Waals surface area contributed by atoms with E-state index in [2.05, 4.69) is 10.00 Å². The highest BCUT2D eigenvalue weighted by molar-refractivity contribution is 5.68. The molecule has 1 heterocycles. The Kier molecular flexibility index (Phi) is 5.80. The standard InChI is InChI=1S/C16H24N4O2/c1-19(2)6-9-22-16-10-13(4-5-15(16)17)14-11-18-20(12-14)7-8-21-3/h4-5,10-12H,6-9,17H2,1-3H3. The van der Waals surface area contributed by atoms with E-state index in [1.807, 2.05) is 49.4 Å². The highest BCUT2D eigenvalue weighted by atomic mass is 16.5. The Morgan fingerprint density at radius 3 is 2.77 bits per heavy atom. The zero-order chi connectivity index (χ0) is 15.9. The number of hydrogen-bond acceptors (Lipinski definition) is 5. The zero-order valence-corrected chi connectivity index (χ0v) is 13.5. The maximum atomic E-state index is 5.98. The number of hydrogen-bond donors (Lipinski definition) is 1. The molecule has 0 aliphatic carbocycles. The van der Waals surface area contributed by atoms with E-state index in [0.717, 1.165) is 24.2 Å². The van der Waals surface area contributed by atoms with E-state index in [0.29, 0.717) is 24.7 Å². The number of nitrogen functional groups attached to an aromatic ring is 1. The molecule has 0 spiro atoms. The van der Waals surface area contributed by atoms with Crippen LogP contribution in [0.1, 0.15) is 0 Å². The third-order valence-corrected chi connectivity index (χ3v) is 3.30. The van der Waals surface area contributed by atoms with Gasteiger partial charge in [0.2, 0.25) is 0 Å². The lowest BCUT2D eigenvalue weighted by Gasteiger charge is -2.13. The van der Waals surface area contributed by atoms with Crippen molar-refractivity contribution in [3.05, 3.63) is 30.6 Å². The molecule has 2 N–H and O–H groups in total. The summed E-state index contributed by atoms with van der Waals surface area (Å²) < 4.78 is 12.7. The molecule has 0 aliphatic heterocycles. The summed E-state index contributed by atoms with van der Waals surface area (Å²) in [4.78, 5) is 2.07. The molecule has 0 amide bonds. The van der Waals surface area contributed by atoms with Crippen LogP contribution in [0.4, 0.5) is 5.69 Å². The second kappa shape index (κ2) is 7.82. The van der Waals surface area contributed by atoms with Crippen LogP contribution in [0.15, 0.2) is 30.6 Å². The second-order valence-electron chi connectivity index (χ2n) is 5.39. The van der Waals surface area contributed by atoms with Crippen molar-refractivity contribution in [1.29, 1.82) is 0 Å². The molecule has 0 saturated heterocycles. The molecule has 0 bridgehead atoms. The summed E-state index contributed by atoms with van der Waals surface area (Å²) >= 11 is 0. The van der Waals surface area contributed by atoms with Gasteiger partial charge in [0.1, 0.15) is 12.4 Å². The monoisotopic (exact) mass is 304 g/mol. The van der Waals surface area contributed by atoms with Crippen molar-refractivity contribution in [3.63, 3.8) is 0 Å². The number of ether oxygens (including phenoxy) is 2. The van der Waals surface area contributed by atoms with E-state index in [-0.39, 0.29) is 0 Å². The minimum Gasteiger partial charge on any atom is -0.490 e. The van der Waals surface area contributed by atoms with E-state index in [4.69, 9.17) is 15.2 Å². The van der Waals surface area contributed by atoms with Crippen molar-refractivity contribution in [2.24, 2.45) is 0 Å². The number of aromatic nitrogens is 2. The van der Waals surface area contributed by atoms with Gasteiger partial charge < -0.3 is 20.1 Å². The van der Waals surface area contributed by atoms with Gasteiger partial charge in [0, 0.05) is 25.4 Å². The summed E-state index contributed by atoms with van der Waals surface area (Å²) in [7, 11) is 5.71. The fourth-order valence-electron chi connectivity index (χ4n) is 2.00. The van der Waals surface area contributed by atoms with Gasteiger partial charge in [0.15, 0.2) is 0 Å². The molecule has 6 heteroatoms. The summed E-state index contributed by atoms with van der Waals surface area (Å²) in [6, 6.07) is 5.81. The summed E-state index contributed by atoms with van der Waals surface area (Å²) in [5, 5.41) is 4.33. The lowest BCUT2D eigenvalue weighted by atomic mass is 10.1. The Bertz CT molecular complexity index is 596. The van der Waals surface area contributed by atoms with Gasteiger partial charge in [-0.1, -0.05) is 6.07 Å². The van der Waals surface area contributed by atoms with E-state index in [1.165, 1.54) is 0 Å². The minimum absolute atomic E-state index is 0.605. The van der Waals surface area contributed by atoms with Crippen LogP contribution in [-0.4, -0.2) is 55.6 Å². The van der Waals surface area contributed by atoms with Crippen LogP contribution in [0.5, 0.6) is 5.75 Å². The van der Waals surface area contributed by atoms with Gasteiger partial charge >= 0.3 is 0 Å². The fourth-order valence-corrected chi connectivity index (χ4v) is 2.00. The Labute approximate surface area is 131 Å². The van der Waals surface area contributed by atoms with Gasteiger partial charge in [0.05, 0.1) is 25.0 Å². The lowest BCUT2D eigenvalue weighted by molar-refractivity contribution is 0.183. The maximum Gasteiger partial charge on any atom is 0.142 e. The quantitative estimate of drug-likeness (QED) is 0.752. The molecular weight excluding hydrogens is 280 g/mol. The Balaban J connectivity index is 2.09. The molecule has 2 aromatic rings. The Morgan fingerprint density at radius 2 is 2.05 bits per heavy atom. The molecule has 120 valence electrons. The molecular formula is C16H24N4O2. The number of likely N-dealkylation sites (N-methyl/N-ethyl adjacent to an activating group) is 1. The Hall–Kier alpha value is -2.05. The molecule has 0 atom stereocenters. The van der Waals surface area contributed by atoms with Gasteiger partial charge in [-0.2, -0.15) is 5.10 Å². The summed E-state index contributed by atoms with van der Waals surface area (Å²) in [6.45, 7) is 2.83. The van der Waals surface area contributed by atoms with Crippen LogP contribution in [0.2, 0.25) is 0 Å². The summed E-state index contributed by atoms with van der Waals surface area (Å²) in [5.74, 6) is 0.712. The molecule has 0 fully saturated rings. The molecule has 6 nitrogen and oxygen atoms in total. The first kappa shape index (κ1) is 16.3. The van der Waals surface area contributed by atoms with Crippen LogP contribution < -0.4 is 10.5 Å². The van der Waals surface area contributed by atoms with Crippen molar-refractivity contribution in [2.75, 3.05) is 46.7 Å². The smallest absolute Gasteiger partial charge is 0.142 e. The Morgan fingerprint density at radius 1 is 1.23 bits per heavy atom. The van der Waals surface area contributed by atoms with Gasteiger partial charge in [-0.25, -0.2) is 0 Å². The predicted molar refractivity (Wildman–Crippen MR) is 88.0 cm³/mol. The number of rotatable bonds is 8. The highest BCUT2D eigenvalue weighted by Crippen LogP contribution is 2.28. The largest absolute Gasteiger partial charge is 0.490 e. The predicted octanol–water partition coefficient (Wildman–Crippen LogP) is 1.72. The molecule has 1 aromatic carbocycles. The number of anilines is 1. The van der Waals surface area contributed by atoms with Gasteiger partial charge in [-0.3, -0.25) is 4.68 Å². The van der Waals surface area contributed by atoms with E-state index in [1.54, 1.807) is 7.11 Å². The fraction of sp³-hybridized carbons (Fsp3) is 0.438. The summed E-state index contributed by atoms with van der Waals surface area (Å²) in [5.41, 5.74) is 8.70. The van der Waals surface area contributed by atoms with Crippen molar-refractivity contribution in [2.45, 2.75) is 6.54 Å². The molecule has 1 aromatic heterocycles. The van der Waals surface area contributed by atoms with Gasteiger partial charge in [-0.05, 0) is 31.8 Å². The first-order chi connectivity index (χ1) is 10.6. The molecule has 2 rings (SSSR count). The highest BCUT2D eigenvalue weighted by Gasteiger charge is 2.07. The molecule has 22 heavy (non-hydrogen) atoms.